The second kappa shape index (κ2) is 6.32. The first-order chi connectivity index (χ1) is 9.11. The molecule has 0 radical (unpaired) electrons. The van der Waals surface area contributed by atoms with Crippen LogP contribution in [0.15, 0.2) is 18.2 Å². The van der Waals surface area contributed by atoms with E-state index in [0.29, 0.717) is 6.04 Å². The Labute approximate surface area is 117 Å². The molecule has 1 aliphatic rings. The molecule has 1 aromatic rings. The van der Waals surface area contributed by atoms with Gasteiger partial charge < -0.3 is 5.32 Å². The van der Waals surface area contributed by atoms with Gasteiger partial charge in [-0.25, -0.2) is 0 Å². The van der Waals surface area contributed by atoms with Crippen LogP contribution in [0.3, 0.4) is 0 Å². The smallest absolute Gasteiger partial charge is 0.288 e. The molecule has 1 saturated heterocycles. The molecule has 104 valence electrons. The van der Waals surface area contributed by atoms with Crippen molar-refractivity contribution in [3.05, 3.63) is 38.9 Å². The van der Waals surface area contributed by atoms with Gasteiger partial charge in [0.05, 0.1) is 4.92 Å². The van der Waals surface area contributed by atoms with E-state index in [0.717, 1.165) is 38.2 Å². The predicted octanol–water partition coefficient (Wildman–Crippen LogP) is 2.43. The predicted molar refractivity (Wildman–Crippen MR) is 75.5 cm³/mol. The molecule has 0 spiro atoms. The molecule has 1 heterocycles. The number of hydrogen-bond donors (Lipinski definition) is 1. The van der Waals surface area contributed by atoms with Crippen LogP contribution in [0.1, 0.15) is 18.9 Å². The highest BCUT2D eigenvalue weighted by Crippen LogP contribution is 2.26. The number of nitrogens with zero attached hydrogens (tertiary/aromatic N) is 2. The van der Waals surface area contributed by atoms with Crippen molar-refractivity contribution in [2.45, 2.75) is 25.9 Å². The number of nitro groups is 1. The van der Waals surface area contributed by atoms with E-state index in [1.165, 1.54) is 0 Å². The van der Waals surface area contributed by atoms with Crippen LogP contribution >= 0.6 is 11.6 Å². The molecule has 1 atom stereocenters. The minimum absolute atomic E-state index is 0.0141. The van der Waals surface area contributed by atoms with Crippen LogP contribution in [0.4, 0.5) is 5.69 Å². The maximum absolute atomic E-state index is 10.9. The molecule has 1 aliphatic heterocycles. The number of halogens is 1. The van der Waals surface area contributed by atoms with Gasteiger partial charge in [-0.15, -0.1) is 0 Å². The first kappa shape index (κ1) is 14.2. The number of rotatable bonds is 5. The lowest BCUT2D eigenvalue weighted by atomic mass is 10.1. The van der Waals surface area contributed by atoms with Crippen molar-refractivity contribution in [3.8, 4) is 0 Å². The fraction of sp³-hybridized carbons (Fsp3) is 0.538. The third-order valence-corrected chi connectivity index (χ3v) is 3.87. The van der Waals surface area contributed by atoms with Gasteiger partial charge in [-0.1, -0.05) is 24.6 Å². The van der Waals surface area contributed by atoms with Crippen LogP contribution in [0, 0.1) is 10.1 Å². The largest absolute Gasteiger partial charge is 0.315 e. The van der Waals surface area contributed by atoms with Gasteiger partial charge in [0, 0.05) is 25.2 Å². The Morgan fingerprint density at radius 1 is 1.58 bits per heavy atom. The summed E-state index contributed by atoms with van der Waals surface area (Å²) in [6.45, 7) is 5.80. The molecule has 1 N–H and O–H groups in total. The molecule has 19 heavy (non-hydrogen) atoms. The highest BCUT2D eigenvalue weighted by Gasteiger charge is 2.22. The Kier molecular flexibility index (Phi) is 4.74. The Morgan fingerprint density at radius 3 is 2.95 bits per heavy atom. The molecular weight excluding hydrogens is 266 g/mol. The molecular formula is C13H18ClN3O2. The Bertz CT molecular complexity index is 461. The van der Waals surface area contributed by atoms with E-state index in [9.17, 15) is 10.1 Å². The number of nitrogens with one attached hydrogen (secondary N) is 1. The first-order valence-corrected chi connectivity index (χ1v) is 6.87. The minimum Gasteiger partial charge on any atom is -0.315 e. The summed E-state index contributed by atoms with van der Waals surface area (Å²) in [7, 11) is 0. The van der Waals surface area contributed by atoms with Crippen molar-refractivity contribution in [2.75, 3.05) is 19.6 Å². The zero-order valence-electron chi connectivity index (χ0n) is 10.9. The third kappa shape index (κ3) is 3.43. The zero-order valence-corrected chi connectivity index (χ0v) is 11.7. The highest BCUT2D eigenvalue weighted by molar-refractivity contribution is 6.32. The Hall–Kier alpha value is -1.17. The number of nitro benzene ring substituents is 1. The normalized spacial score (nSPS) is 19.0. The van der Waals surface area contributed by atoms with Crippen molar-refractivity contribution in [2.24, 2.45) is 0 Å². The van der Waals surface area contributed by atoms with E-state index in [1.54, 1.807) is 12.1 Å². The van der Waals surface area contributed by atoms with E-state index in [1.807, 2.05) is 6.07 Å². The van der Waals surface area contributed by atoms with Gasteiger partial charge in [-0.3, -0.25) is 15.0 Å². The molecule has 1 aromatic carbocycles. The summed E-state index contributed by atoms with van der Waals surface area (Å²) in [6.07, 6.45) is 1.13. The number of benzene rings is 1. The van der Waals surface area contributed by atoms with Crippen LogP contribution in [-0.4, -0.2) is 35.5 Å². The van der Waals surface area contributed by atoms with E-state index < -0.39 is 4.92 Å². The number of hydrogen-bond acceptors (Lipinski definition) is 4. The summed E-state index contributed by atoms with van der Waals surface area (Å²) in [5, 5.41) is 14.4. The molecule has 1 unspecified atom stereocenters. The van der Waals surface area contributed by atoms with Crippen molar-refractivity contribution in [1.29, 1.82) is 0 Å². The van der Waals surface area contributed by atoms with Gasteiger partial charge in [0.1, 0.15) is 5.02 Å². The molecule has 6 heteroatoms. The summed E-state index contributed by atoms with van der Waals surface area (Å²) in [5.41, 5.74) is 0.921. The molecule has 0 aromatic heterocycles. The molecule has 0 saturated carbocycles. The van der Waals surface area contributed by atoms with Crippen LogP contribution in [0.2, 0.25) is 5.02 Å². The average molecular weight is 284 g/mol. The fourth-order valence-electron chi connectivity index (χ4n) is 2.48. The average Bonchev–Trinajstić information content (AvgIpc) is 2.91. The lowest BCUT2D eigenvalue weighted by Gasteiger charge is -2.26. The van der Waals surface area contributed by atoms with Crippen molar-refractivity contribution in [1.82, 2.24) is 10.2 Å². The lowest BCUT2D eigenvalue weighted by Crippen LogP contribution is -2.36. The second-order valence-corrected chi connectivity index (χ2v) is 5.16. The summed E-state index contributed by atoms with van der Waals surface area (Å²) in [6, 6.07) is 5.56. The van der Waals surface area contributed by atoms with Crippen LogP contribution in [-0.2, 0) is 6.54 Å². The molecule has 5 nitrogen and oxygen atoms in total. The van der Waals surface area contributed by atoms with E-state index in [2.05, 4.69) is 17.1 Å². The SMILES string of the molecule is CCN(Cc1ccc(Cl)c([N+](=O)[O-])c1)C1CCNC1. The quantitative estimate of drug-likeness (QED) is 0.666. The maximum atomic E-state index is 10.9. The van der Waals surface area contributed by atoms with Crippen LogP contribution < -0.4 is 5.32 Å². The van der Waals surface area contributed by atoms with Gasteiger partial charge >= 0.3 is 0 Å². The zero-order chi connectivity index (χ0) is 13.8. The standard InChI is InChI=1S/C13H18ClN3O2/c1-2-16(11-5-6-15-8-11)9-10-3-4-12(14)13(7-10)17(18)19/h3-4,7,11,15H,2,5-6,8-9H2,1H3. The van der Waals surface area contributed by atoms with Gasteiger partial charge in [0.25, 0.3) is 5.69 Å². The molecule has 0 aliphatic carbocycles. The van der Waals surface area contributed by atoms with Crippen LogP contribution in [0.5, 0.6) is 0 Å². The second-order valence-electron chi connectivity index (χ2n) is 4.75. The summed E-state index contributed by atoms with van der Waals surface area (Å²) >= 11 is 5.82. The van der Waals surface area contributed by atoms with Crippen LogP contribution in [0.25, 0.3) is 0 Å². The van der Waals surface area contributed by atoms with Crippen molar-refractivity contribution < 1.29 is 4.92 Å². The summed E-state index contributed by atoms with van der Waals surface area (Å²) in [4.78, 5) is 12.8. The Morgan fingerprint density at radius 2 is 2.37 bits per heavy atom. The van der Waals surface area contributed by atoms with E-state index >= 15 is 0 Å². The van der Waals surface area contributed by atoms with Gasteiger partial charge in [-0.2, -0.15) is 0 Å². The maximum Gasteiger partial charge on any atom is 0.288 e. The van der Waals surface area contributed by atoms with Crippen molar-refractivity contribution in [3.63, 3.8) is 0 Å². The molecule has 1 fully saturated rings. The lowest BCUT2D eigenvalue weighted by molar-refractivity contribution is -0.384. The monoisotopic (exact) mass is 283 g/mol. The van der Waals surface area contributed by atoms with E-state index in [-0.39, 0.29) is 10.7 Å². The highest BCUT2D eigenvalue weighted by atomic mass is 35.5. The topological polar surface area (TPSA) is 58.4 Å². The van der Waals surface area contributed by atoms with Gasteiger partial charge in [-0.05, 0) is 31.1 Å². The summed E-state index contributed by atoms with van der Waals surface area (Å²) < 4.78 is 0. The van der Waals surface area contributed by atoms with E-state index in [4.69, 9.17) is 11.6 Å². The first-order valence-electron chi connectivity index (χ1n) is 6.49. The molecule has 0 bridgehead atoms. The van der Waals surface area contributed by atoms with Crippen molar-refractivity contribution >= 4 is 17.3 Å². The summed E-state index contributed by atoms with van der Waals surface area (Å²) in [5.74, 6) is 0. The molecule has 2 rings (SSSR count). The minimum atomic E-state index is -0.431. The number of likely N-dealkylation sites (N-methyl/N-ethyl adjacent to an activating group) is 1. The van der Waals surface area contributed by atoms with Gasteiger partial charge in [0.2, 0.25) is 0 Å². The third-order valence-electron chi connectivity index (χ3n) is 3.55. The van der Waals surface area contributed by atoms with Gasteiger partial charge in [0.15, 0.2) is 0 Å². The molecule has 0 amide bonds. The fourth-order valence-corrected chi connectivity index (χ4v) is 2.67. The Balaban J connectivity index is 2.12.